The maximum Gasteiger partial charge on any atom is 0.303 e. The number of aromatic nitrogens is 1. The SMILES string of the molecule is N#Cc1ccc(N2CCC(Sc3ccc(COc4cccc5c4CN([C@@H](CCC(=O)O)C(N)=O)C5=O)c(F)n3)CC2)c(F)c1. The number of primary amides is 1. The largest absolute Gasteiger partial charge is 0.488 e. The van der Waals surface area contributed by atoms with Gasteiger partial charge in [-0.1, -0.05) is 6.07 Å². The summed E-state index contributed by atoms with van der Waals surface area (Å²) in [6.07, 6.45) is 1.06. The minimum atomic E-state index is -1.11. The van der Waals surface area contributed by atoms with Crippen molar-refractivity contribution in [1.29, 1.82) is 5.26 Å². The number of carboxylic acids is 1. The Morgan fingerprint density at radius 1 is 1.18 bits per heavy atom. The second-order valence-corrected chi connectivity index (χ2v) is 11.9. The number of aliphatic carboxylic acids is 1. The van der Waals surface area contributed by atoms with E-state index in [9.17, 15) is 18.8 Å². The summed E-state index contributed by atoms with van der Waals surface area (Å²) < 4.78 is 35.3. The Morgan fingerprint density at radius 2 is 1.95 bits per heavy atom. The standard InChI is InChI=1S/C31H29F2N5O5S/c32-23-14-18(15-34)4-6-24(23)37-12-10-20(11-13-37)44-27-8-5-19(29(33)36-27)17-43-26-3-1-2-21-22(26)16-38(31(21)42)25(30(35)41)7-9-28(39)40/h1-6,8,14,20,25H,7,9-13,16-17H2,(H2,35,41)(H,39,40)/t25-/m0/s1. The molecular formula is C31H29F2N5O5S. The highest BCUT2D eigenvalue weighted by Gasteiger charge is 2.37. The van der Waals surface area contributed by atoms with Crippen molar-refractivity contribution >= 4 is 35.2 Å². The van der Waals surface area contributed by atoms with E-state index in [1.54, 1.807) is 42.5 Å². The number of amides is 2. The van der Waals surface area contributed by atoms with E-state index in [-0.39, 0.29) is 42.4 Å². The van der Waals surface area contributed by atoms with Gasteiger partial charge in [0.25, 0.3) is 5.91 Å². The van der Waals surface area contributed by atoms with Crippen LogP contribution in [0.1, 0.15) is 52.7 Å². The number of carbonyl (C=O) groups is 3. The minimum absolute atomic E-state index is 0.00448. The highest BCUT2D eigenvalue weighted by molar-refractivity contribution is 7.99. The van der Waals surface area contributed by atoms with Crippen LogP contribution >= 0.6 is 11.8 Å². The summed E-state index contributed by atoms with van der Waals surface area (Å²) in [6, 6.07) is 13.5. The zero-order valence-corrected chi connectivity index (χ0v) is 24.4. The van der Waals surface area contributed by atoms with Crippen LogP contribution in [-0.4, -0.2) is 57.2 Å². The fraction of sp³-hybridized carbons (Fsp3) is 0.323. The molecule has 1 atom stereocenters. The van der Waals surface area contributed by atoms with Gasteiger partial charge < -0.3 is 25.4 Å². The van der Waals surface area contributed by atoms with Gasteiger partial charge in [0.15, 0.2) is 0 Å². The monoisotopic (exact) mass is 621 g/mol. The first kappa shape index (κ1) is 30.7. The number of fused-ring (bicyclic) bond motifs is 1. The molecule has 2 aliphatic heterocycles. The number of carbonyl (C=O) groups excluding carboxylic acids is 2. The lowest BCUT2D eigenvalue weighted by Gasteiger charge is -2.33. The van der Waals surface area contributed by atoms with Crippen LogP contribution in [0.15, 0.2) is 53.6 Å². The van der Waals surface area contributed by atoms with Gasteiger partial charge in [0.05, 0.1) is 28.9 Å². The van der Waals surface area contributed by atoms with Crippen LogP contribution in [0.5, 0.6) is 5.75 Å². The number of rotatable bonds is 11. The maximum absolute atomic E-state index is 15.0. The second-order valence-electron chi connectivity index (χ2n) is 10.5. The third-order valence-electron chi connectivity index (χ3n) is 7.72. The van der Waals surface area contributed by atoms with Crippen molar-refractivity contribution < 1.29 is 33.0 Å². The van der Waals surface area contributed by atoms with Crippen LogP contribution in [-0.2, 0) is 22.7 Å². The number of anilines is 1. The van der Waals surface area contributed by atoms with Gasteiger partial charge in [-0.3, -0.25) is 14.4 Å². The van der Waals surface area contributed by atoms with Gasteiger partial charge in [0.1, 0.15) is 24.2 Å². The summed E-state index contributed by atoms with van der Waals surface area (Å²) >= 11 is 1.46. The first-order valence-corrected chi connectivity index (χ1v) is 14.9. The van der Waals surface area contributed by atoms with E-state index < -0.39 is 35.6 Å². The molecule has 0 radical (unpaired) electrons. The van der Waals surface area contributed by atoms with Crippen LogP contribution in [0, 0.1) is 23.1 Å². The molecule has 10 nitrogen and oxygen atoms in total. The van der Waals surface area contributed by atoms with E-state index in [2.05, 4.69) is 4.98 Å². The van der Waals surface area contributed by atoms with Gasteiger partial charge >= 0.3 is 5.97 Å². The van der Waals surface area contributed by atoms with Gasteiger partial charge in [0.2, 0.25) is 11.9 Å². The van der Waals surface area contributed by atoms with Crippen molar-refractivity contribution in [1.82, 2.24) is 9.88 Å². The van der Waals surface area contributed by atoms with Crippen LogP contribution in [0.3, 0.4) is 0 Å². The zero-order valence-electron chi connectivity index (χ0n) is 23.5. The number of piperidine rings is 1. The molecule has 1 saturated heterocycles. The Hall–Kier alpha value is -4.70. The third kappa shape index (κ3) is 6.75. The number of nitrogens with two attached hydrogens (primary N) is 1. The number of nitriles is 1. The number of thioether (sulfide) groups is 1. The lowest BCUT2D eigenvalue weighted by molar-refractivity contribution is -0.137. The van der Waals surface area contributed by atoms with Crippen LogP contribution < -0.4 is 15.4 Å². The number of nitrogens with zero attached hydrogens (tertiary/aromatic N) is 4. The maximum atomic E-state index is 15.0. The van der Waals surface area contributed by atoms with Gasteiger partial charge in [-0.15, -0.1) is 11.8 Å². The highest BCUT2D eigenvalue weighted by atomic mass is 32.2. The van der Waals surface area contributed by atoms with Crippen molar-refractivity contribution in [2.45, 2.75) is 55.2 Å². The smallest absolute Gasteiger partial charge is 0.303 e. The molecule has 2 amide bonds. The Labute approximate surface area is 256 Å². The molecule has 2 aromatic carbocycles. The molecule has 44 heavy (non-hydrogen) atoms. The molecule has 5 rings (SSSR count). The Bertz CT molecular complexity index is 1640. The number of benzene rings is 2. The third-order valence-corrected chi connectivity index (χ3v) is 8.99. The van der Waals surface area contributed by atoms with Crippen molar-refractivity contribution in [3.05, 3.63) is 82.5 Å². The summed E-state index contributed by atoms with van der Waals surface area (Å²) in [5.41, 5.74) is 7.25. The van der Waals surface area contributed by atoms with Gasteiger partial charge in [-0.05, 0) is 61.7 Å². The number of ether oxygens (including phenoxy) is 1. The van der Waals surface area contributed by atoms with Crippen molar-refractivity contribution in [2.75, 3.05) is 18.0 Å². The van der Waals surface area contributed by atoms with Crippen LogP contribution in [0.25, 0.3) is 0 Å². The number of pyridine rings is 1. The number of halogens is 2. The molecule has 3 heterocycles. The number of carboxylic acid groups (broad SMARTS) is 1. The number of hydrogen-bond donors (Lipinski definition) is 2. The van der Waals surface area contributed by atoms with Crippen molar-refractivity contribution in [3.8, 4) is 11.8 Å². The van der Waals surface area contributed by atoms with Crippen LogP contribution in [0.4, 0.5) is 14.5 Å². The topological polar surface area (TPSA) is 150 Å². The van der Waals surface area contributed by atoms with Crippen molar-refractivity contribution in [2.24, 2.45) is 5.73 Å². The van der Waals surface area contributed by atoms with Crippen LogP contribution in [0.2, 0.25) is 0 Å². The molecular weight excluding hydrogens is 592 g/mol. The first-order valence-electron chi connectivity index (χ1n) is 14.0. The van der Waals surface area contributed by atoms with Gasteiger partial charge in [-0.2, -0.15) is 9.65 Å². The summed E-state index contributed by atoms with van der Waals surface area (Å²) in [7, 11) is 0. The molecule has 0 unspecified atom stereocenters. The molecule has 0 spiro atoms. The quantitative estimate of drug-likeness (QED) is 0.300. The van der Waals surface area contributed by atoms with E-state index in [1.807, 2.05) is 11.0 Å². The van der Waals surface area contributed by atoms with Gasteiger partial charge in [-0.25, -0.2) is 9.37 Å². The fourth-order valence-corrected chi connectivity index (χ4v) is 6.49. The fourth-order valence-electron chi connectivity index (χ4n) is 5.42. The molecule has 3 aromatic rings. The second kappa shape index (κ2) is 13.3. The molecule has 0 bridgehead atoms. The Morgan fingerprint density at radius 3 is 2.61 bits per heavy atom. The normalized spacial score (nSPS) is 15.5. The van der Waals surface area contributed by atoms with E-state index in [0.717, 1.165) is 12.8 Å². The molecule has 3 N–H and O–H groups in total. The number of hydrogen-bond acceptors (Lipinski definition) is 8. The lowest BCUT2D eigenvalue weighted by Crippen LogP contribution is -2.45. The van der Waals surface area contributed by atoms with E-state index in [4.69, 9.17) is 20.8 Å². The predicted octanol–water partition coefficient (Wildman–Crippen LogP) is 4.25. The predicted molar refractivity (Wildman–Crippen MR) is 157 cm³/mol. The average molecular weight is 622 g/mol. The van der Waals surface area contributed by atoms with E-state index in [0.29, 0.717) is 40.7 Å². The van der Waals surface area contributed by atoms with Crippen molar-refractivity contribution in [3.63, 3.8) is 0 Å². The zero-order chi connectivity index (χ0) is 31.4. The first-order chi connectivity index (χ1) is 21.1. The summed E-state index contributed by atoms with van der Waals surface area (Å²) in [5, 5.41) is 18.7. The Kier molecular flexibility index (Phi) is 9.29. The van der Waals surface area contributed by atoms with E-state index in [1.165, 1.54) is 22.7 Å². The molecule has 1 aromatic heterocycles. The minimum Gasteiger partial charge on any atom is -0.488 e. The highest BCUT2D eigenvalue weighted by Crippen LogP contribution is 2.35. The average Bonchev–Trinajstić information content (AvgIpc) is 3.33. The summed E-state index contributed by atoms with van der Waals surface area (Å²) in [4.78, 5) is 43.3. The molecule has 13 heteroatoms. The summed E-state index contributed by atoms with van der Waals surface area (Å²) in [6.45, 7) is 1.09. The molecule has 0 aliphatic carbocycles. The van der Waals surface area contributed by atoms with Gasteiger partial charge in [0, 0.05) is 41.5 Å². The molecule has 1 fully saturated rings. The molecule has 2 aliphatic rings. The Balaban J connectivity index is 1.18. The summed E-state index contributed by atoms with van der Waals surface area (Å²) in [5.74, 6) is -3.13. The lowest BCUT2D eigenvalue weighted by atomic mass is 10.1. The molecule has 228 valence electrons. The molecule has 0 saturated carbocycles. The van der Waals surface area contributed by atoms with E-state index >= 15 is 4.39 Å².